The van der Waals surface area contributed by atoms with E-state index in [-0.39, 0.29) is 13.0 Å². The molecule has 32 heavy (non-hydrogen) atoms. The molecule has 0 aromatic rings. The molecule has 192 valence electrons. The van der Waals surface area contributed by atoms with Crippen LogP contribution in [0.4, 0.5) is 0 Å². The molecule has 0 bridgehead atoms. The van der Waals surface area contributed by atoms with Crippen molar-refractivity contribution in [3.63, 3.8) is 0 Å². The van der Waals surface area contributed by atoms with Crippen molar-refractivity contribution in [1.82, 2.24) is 5.09 Å². The Bertz CT molecular complexity index is 517. The lowest BCUT2D eigenvalue weighted by Gasteiger charge is -2.28. The van der Waals surface area contributed by atoms with Crippen molar-refractivity contribution >= 4 is 13.5 Å². The van der Waals surface area contributed by atoms with Gasteiger partial charge in [-0.15, -0.1) is 0 Å². The summed E-state index contributed by atoms with van der Waals surface area (Å²) >= 11 is 0. The number of carbonyl (C=O) groups is 1. The van der Waals surface area contributed by atoms with Gasteiger partial charge in [-0.25, -0.2) is 9.65 Å². The predicted molar refractivity (Wildman–Crippen MR) is 127 cm³/mol. The van der Waals surface area contributed by atoms with Crippen molar-refractivity contribution < 1.29 is 34.1 Å². The molecule has 0 rings (SSSR count). The summed E-state index contributed by atoms with van der Waals surface area (Å²) in [6.07, 6.45) is 16.0. The zero-order chi connectivity index (χ0) is 24.3. The number of nitrogens with one attached hydrogen (secondary N) is 1. The van der Waals surface area contributed by atoms with E-state index >= 15 is 0 Å². The monoisotopic (exact) mass is 481 g/mol. The summed E-state index contributed by atoms with van der Waals surface area (Å²) < 4.78 is 16.2. The van der Waals surface area contributed by atoms with Gasteiger partial charge in [0.05, 0.1) is 6.61 Å². The summed E-state index contributed by atoms with van der Waals surface area (Å²) in [5, 5.41) is 30.8. The molecule has 0 aromatic heterocycles. The normalized spacial score (nSPS) is 16.4. The maximum absolute atomic E-state index is 12.2. The summed E-state index contributed by atoms with van der Waals surface area (Å²) in [7, 11) is -4.44. The Hall–Kier alpha value is -0.340. The van der Waals surface area contributed by atoms with Gasteiger partial charge in [0.2, 0.25) is 6.29 Å². The number of aliphatic hydroxyl groups is 3. The first-order valence-electron chi connectivity index (χ1n) is 12.5. The first-order chi connectivity index (χ1) is 15.2. The number of Topliss-reactive ketones (excluding diaryl/α,β-unsaturated/α-hetero) is 1. The van der Waals surface area contributed by atoms with E-state index in [0.717, 1.165) is 26.2 Å². The van der Waals surface area contributed by atoms with Crippen molar-refractivity contribution in [1.29, 1.82) is 0 Å². The highest BCUT2D eigenvalue weighted by atomic mass is 31.2. The molecule has 0 fully saturated rings. The summed E-state index contributed by atoms with van der Waals surface area (Å²) in [6, 6.07) is 0. The average Bonchev–Trinajstić information content (AvgIpc) is 2.74. The number of aliphatic hydroxyl groups excluding tert-OH is 2. The Kier molecular flexibility index (Phi) is 18.8. The SMILES string of the molecule is CCCCCCCCCCCCCCCCCC(=O)C(C)(O)C(O)OP(=O)(O)NCCO. The quantitative estimate of drug-likeness (QED) is 0.0812. The Morgan fingerprint density at radius 1 is 0.906 bits per heavy atom. The second-order valence-corrected chi connectivity index (χ2v) is 10.4. The minimum atomic E-state index is -4.44. The summed E-state index contributed by atoms with van der Waals surface area (Å²) in [5.74, 6) is -0.637. The molecule has 0 saturated carbocycles. The maximum Gasteiger partial charge on any atom is 0.405 e. The molecule has 0 spiro atoms. The van der Waals surface area contributed by atoms with Gasteiger partial charge in [0.15, 0.2) is 11.4 Å². The van der Waals surface area contributed by atoms with Gasteiger partial charge in [-0.1, -0.05) is 96.8 Å². The molecule has 0 aliphatic heterocycles. The fourth-order valence-corrected chi connectivity index (χ4v) is 4.45. The van der Waals surface area contributed by atoms with Crippen LogP contribution in [0.5, 0.6) is 0 Å². The molecule has 0 amide bonds. The lowest BCUT2D eigenvalue weighted by Crippen LogP contribution is -2.48. The fraction of sp³-hybridized carbons (Fsp3) is 0.957. The zero-order valence-corrected chi connectivity index (χ0v) is 21.2. The number of hydrogen-bond acceptors (Lipinski definition) is 6. The molecular formula is C23H48NO7P. The Morgan fingerprint density at radius 2 is 1.31 bits per heavy atom. The first kappa shape index (κ1) is 31.7. The number of carbonyl (C=O) groups excluding carboxylic acids is 1. The molecule has 9 heteroatoms. The van der Waals surface area contributed by atoms with Gasteiger partial charge in [-0.3, -0.25) is 9.32 Å². The van der Waals surface area contributed by atoms with Crippen molar-refractivity contribution in [2.45, 2.75) is 128 Å². The van der Waals surface area contributed by atoms with Crippen LogP contribution in [0.3, 0.4) is 0 Å². The lowest BCUT2D eigenvalue weighted by molar-refractivity contribution is -0.178. The Labute approximate surface area is 194 Å². The molecule has 0 saturated heterocycles. The van der Waals surface area contributed by atoms with E-state index in [4.69, 9.17) is 5.11 Å². The number of unbranched alkanes of at least 4 members (excludes halogenated alkanes) is 14. The van der Waals surface area contributed by atoms with Gasteiger partial charge in [-0.05, 0) is 13.3 Å². The third-order valence-corrected chi connectivity index (χ3v) is 6.83. The molecule has 0 aromatic carbocycles. The van der Waals surface area contributed by atoms with Crippen molar-refractivity contribution in [3.8, 4) is 0 Å². The standard InChI is InChI=1S/C23H48NO7P/c1-3-4-5-6-7-8-9-10-11-12-13-14-15-16-17-18-21(26)23(2,28)22(27)31-32(29,30)24-19-20-25/h22,25,27-28H,3-20H2,1-2H3,(H2,24,29,30). The number of hydrogen-bond donors (Lipinski definition) is 5. The highest BCUT2D eigenvalue weighted by Crippen LogP contribution is 2.39. The van der Waals surface area contributed by atoms with Gasteiger partial charge < -0.3 is 20.2 Å². The van der Waals surface area contributed by atoms with Crippen LogP contribution in [-0.4, -0.2) is 51.0 Å². The Morgan fingerprint density at radius 3 is 1.72 bits per heavy atom. The van der Waals surface area contributed by atoms with Gasteiger partial charge >= 0.3 is 7.75 Å². The predicted octanol–water partition coefficient (Wildman–Crippen LogP) is 4.59. The molecule has 0 heterocycles. The van der Waals surface area contributed by atoms with Gasteiger partial charge in [0.1, 0.15) is 0 Å². The summed E-state index contributed by atoms with van der Waals surface area (Å²) in [4.78, 5) is 21.7. The van der Waals surface area contributed by atoms with E-state index in [0.29, 0.717) is 6.42 Å². The van der Waals surface area contributed by atoms with Crippen LogP contribution in [0.25, 0.3) is 0 Å². The van der Waals surface area contributed by atoms with E-state index < -0.39 is 32.0 Å². The van der Waals surface area contributed by atoms with Crippen LogP contribution in [-0.2, 0) is 13.9 Å². The van der Waals surface area contributed by atoms with Crippen molar-refractivity contribution in [2.24, 2.45) is 0 Å². The summed E-state index contributed by atoms with van der Waals surface area (Å²) in [5.41, 5.74) is -2.28. The topological polar surface area (TPSA) is 136 Å². The molecule has 5 N–H and O–H groups in total. The van der Waals surface area contributed by atoms with Crippen LogP contribution in [0.15, 0.2) is 0 Å². The molecule has 0 aliphatic carbocycles. The second-order valence-electron chi connectivity index (χ2n) is 8.88. The Balaban J connectivity index is 3.75. The fourth-order valence-electron chi connectivity index (χ4n) is 3.51. The van der Waals surface area contributed by atoms with Crippen LogP contribution in [0.1, 0.15) is 117 Å². The van der Waals surface area contributed by atoms with Crippen LogP contribution in [0, 0.1) is 0 Å². The third kappa shape index (κ3) is 16.3. The number of rotatable bonds is 23. The molecule has 3 atom stereocenters. The van der Waals surface area contributed by atoms with E-state index in [2.05, 4.69) is 11.4 Å². The van der Waals surface area contributed by atoms with E-state index in [9.17, 15) is 24.5 Å². The molecule has 3 unspecified atom stereocenters. The van der Waals surface area contributed by atoms with Crippen molar-refractivity contribution in [2.75, 3.05) is 13.2 Å². The summed E-state index contributed by atoms with van der Waals surface area (Å²) in [6.45, 7) is 2.68. The van der Waals surface area contributed by atoms with E-state index in [1.54, 1.807) is 0 Å². The van der Waals surface area contributed by atoms with E-state index in [1.807, 2.05) is 5.09 Å². The smallest absolute Gasteiger partial charge is 0.395 e. The van der Waals surface area contributed by atoms with Crippen LogP contribution < -0.4 is 5.09 Å². The molecule has 0 radical (unpaired) electrons. The molecule has 0 aliphatic rings. The number of ketones is 1. The van der Waals surface area contributed by atoms with Crippen molar-refractivity contribution in [3.05, 3.63) is 0 Å². The van der Waals surface area contributed by atoms with Gasteiger partial charge in [0.25, 0.3) is 0 Å². The van der Waals surface area contributed by atoms with Gasteiger partial charge in [0, 0.05) is 13.0 Å². The van der Waals surface area contributed by atoms with Crippen LogP contribution >= 0.6 is 7.75 Å². The maximum atomic E-state index is 12.2. The zero-order valence-electron chi connectivity index (χ0n) is 20.3. The minimum absolute atomic E-state index is 0.0610. The highest BCUT2D eigenvalue weighted by molar-refractivity contribution is 7.50. The third-order valence-electron chi connectivity index (χ3n) is 5.72. The molecular weight excluding hydrogens is 433 g/mol. The molecule has 8 nitrogen and oxygen atoms in total. The lowest BCUT2D eigenvalue weighted by atomic mass is 9.95. The van der Waals surface area contributed by atoms with Crippen LogP contribution in [0.2, 0.25) is 0 Å². The largest absolute Gasteiger partial charge is 0.405 e. The van der Waals surface area contributed by atoms with Gasteiger partial charge in [-0.2, -0.15) is 0 Å². The minimum Gasteiger partial charge on any atom is -0.395 e. The first-order valence-corrected chi connectivity index (χ1v) is 14.1. The highest BCUT2D eigenvalue weighted by Gasteiger charge is 2.42. The average molecular weight is 482 g/mol. The second kappa shape index (κ2) is 19.0. The van der Waals surface area contributed by atoms with E-state index in [1.165, 1.54) is 70.6 Å².